The van der Waals surface area contributed by atoms with Gasteiger partial charge < -0.3 is 14.6 Å². The van der Waals surface area contributed by atoms with E-state index in [-0.39, 0.29) is 66.0 Å². The maximum Gasteiger partial charge on any atom is 0.283 e. The van der Waals surface area contributed by atoms with E-state index in [2.05, 4.69) is 10.5 Å². The Bertz CT molecular complexity index is 1370. The van der Waals surface area contributed by atoms with Crippen molar-refractivity contribution < 1.29 is 31.3 Å². The molecule has 1 aromatic rings. The van der Waals surface area contributed by atoms with Gasteiger partial charge in [0.05, 0.1) is 19.1 Å². The van der Waals surface area contributed by atoms with Crippen molar-refractivity contribution in [3.63, 3.8) is 0 Å². The van der Waals surface area contributed by atoms with Crippen LogP contribution < -0.4 is 5.32 Å². The van der Waals surface area contributed by atoms with E-state index in [1.54, 1.807) is 10.4 Å². The van der Waals surface area contributed by atoms with Crippen molar-refractivity contribution >= 4 is 21.8 Å². The second kappa shape index (κ2) is 9.77. The van der Waals surface area contributed by atoms with Crippen LogP contribution in [0.15, 0.2) is 15.6 Å². The SMILES string of the molecule is O=C(NC1C[C@H]2CC[C@@H](C1)N2S(=O)(=O)N1[C@H]2CC(=NCC3CCC(F)(F)CC3)C[C@@]13C[C@H]3C2)c1cc(C2COC2)on1. The molecule has 2 saturated carbocycles. The maximum absolute atomic E-state index is 14.3. The van der Waals surface area contributed by atoms with Crippen molar-refractivity contribution in [3.05, 3.63) is 17.5 Å². The van der Waals surface area contributed by atoms with Gasteiger partial charge in [0.1, 0.15) is 5.76 Å². The summed E-state index contributed by atoms with van der Waals surface area (Å²) in [5.41, 5.74) is 0.969. The number of carbonyl (C=O) groups is 1. The van der Waals surface area contributed by atoms with Crippen molar-refractivity contribution in [2.45, 2.75) is 119 Å². The van der Waals surface area contributed by atoms with Gasteiger partial charge in [-0.2, -0.15) is 17.0 Å². The molecule has 1 N–H and O–H groups in total. The quantitative estimate of drug-likeness (QED) is 0.506. The molecule has 230 valence electrons. The van der Waals surface area contributed by atoms with E-state index in [1.165, 1.54) is 0 Å². The van der Waals surface area contributed by atoms with Crippen LogP contribution in [-0.2, 0) is 14.9 Å². The van der Waals surface area contributed by atoms with E-state index in [0.29, 0.717) is 70.0 Å². The lowest BCUT2D eigenvalue weighted by Crippen LogP contribution is -2.60. The van der Waals surface area contributed by atoms with Gasteiger partial charge in [-0.1, -0.05) is 5.16 Å². The third-order valence-corrected chi connectivity index (χ3v) is 13.5. The van der Waals surface area contributed by atoms with Crippen molar-refractivity contribution in [2.75, 3.05) is 19.8 Å². The van der Waals surface area contributed by atoms with Crippen molar-refractivity contribution in [3.8, 4) is 0 Å². The fourth-order valence-electron chi connectivity index (χ4n) is 8.94. The van der Waals surface area contributed by atoms with Crippen LogP contribution in [0.3, 0.4) is 0 Å². The Balaban J connectivity index is 0.919. The zero-order valence-electron chi connectivity index (χ0n) is 23.7. The predicted octanol–water partition coefficient (Wildman–Crippen LogP) is 3.65. The predicted molar refractivity (Wildman–Crippen MR) is 148 cm³/mol. The number of ether oxygens (including phenoxy) is 1. The van der Waals surface area contributed by atoms with Gasteiger partial charge in [0.25, 0.3) is 16.1 Å². The molecule has 1 amide bonds. The maximum atomic E-state index is 14.3. The van der Waals surface area contributed by atoms with Gasteiger partial charge in [-0.25, -0.2) is 8.78 Å². The highest BCUT2D eigenvalue weighted by Crippen LogP contribution is 2.65. The number of nitrogens with one attached hydrogen (secondary N) is 1. The van der Waals surface area contributed by atoms with E-state index in [9.17, 15) is 22.0 Å². The number of nitrogens with zero attached hydrogens (tertiary/aromatic N) is 4. The minimum absolute atomic E-state index is 0.0523. The Morgan fingerprint density at radius 3 is 2.50 bits per heavy atom. The van der Waals surface area contributed by atoms with Gasteiger partial charge in [-0.15, -0.1) is 0 Å². The number of piperidine rings is 3. The molecule has 0 aromatic carbocycles. The van der Waals surface area contributed by atoms with Crippen LogP contribution in [0.4, 0.5) is 8.78 Å². The molecule has 6 heterocycles. The summed E-state index contributed by atoms with van der Waals surface area (Å²) in [5.74, 6) is -1.43. The van der Waals surface area contributed by atoms with E-state index < -0.39 is 16.1 Å². The van der Waals surface area contributed by atoms with Gasteiger partial charge in [0, 0.05) is 73.7 Å². The molecule has 10 nitrogen and oxygen atoms in total. The highest BCUT2D eigenvalue weighted by Gasteiger charge is 2.72. The molecular weight excluding hydrogens is 568 g/mol. The number of aromatic nitrogens is 1. The Kier molecular flexibility index (Phi) is 6.42. The van der Waals surface area contributed by atoms with Crippen molar-refractivity contribution in [1.29, 1.82) is 0 Å². The minimum atomic E-state index is -3.68. The Morgan fingerprint density at radius 2 is 1.83 bits per heavy atom. The topological polar surface area (TPSA) is 117 Å². The molecule has 1 spiro atoms. The Hall–Kier alpha value is -1.96. The second-order valence-electron chi connectivity index (χ2n) is 14.0. The number of fused-ring (bicyclic) bond motifs is 3. The highest BCUT2D eigenvalue weighted by atomic mass is 32.2. The molecule has 8 rings (SSSR count). The molecule has 5 aliphatic heterocycles. The summed E-state index contributed by atoms with van der Waals surface area (Å²) in [4.78, 5) is 17.8. The third kappa shape index (κ3) is 4.56. The van der Waals surface area contributed by atoms with Crippen LogP contribution in [0.1, 0.15) is 99.2 Å². The fraction of sp³-hybridized carbons (Fsp3) is 0.828. The lowest BCUT2D eigenvalue weighted by molar-refractivity contribution is -0.0446. The summed E-state index contributed by atoms with van der Waals surface area (Å²) in [6, 6.07) is 1.23. The first-order chi connectivity index (χ1) is 20.1. The van der Waals surface area contributed by atoms with Gasteiger partial charge in [-0.05, 0) is 63.2 Å². The largest absolute Gasteiger partial charge is 0.380 e. The first-order valence-corrected chi connectivity index (χ1v) is 17.1. The van der Waals surface area contributed by atoms with Crippen molar-refractivity contribution in [1.82, 2.24) is 19.1 Å². The number of aliphatic imine (C=N–C) groups is 1. The van der Waals surface area contributed by atoms with Gasteiger partial charge in [-0.3, -0.25) is 9.79 Å². The Labute approximate surface area is 244 Å². The van der Waals surface area contributed by atoms with Crippen LogP contribution in [0.2, 0.25) is 0 Å². The van der Waals surface area contributed by atoms with Crippen LogP contribution in [-0.4, -0.2) is 89.2 Å². The summed E-state index contributed by atoms with van der Waals surface area (Å²) < 4.78 is 70.0. The second-order valence-corrected chi connectivity index (χ2v) is 15.7. The molecule has 5 saturated heterocycles. The molecule has 1 unspecified atom stereocenters. The van der Waals surface area contributed by atoms with E-state index in [4.69, 9.17) is 14.3 Å². The number of halogens is 2. The van der Waals surface area contributed by atoms with Crippen LogP contribution in [0.5, 0.6) is 0 Å². The summed E-state index contributed by atoms with van der Waals surface area (Å²) in [5, 5.41) is 7.03. The molecule has 42 heavy (non-hydrogen) atoms. The molecule has 13 heteroatoms. The van der Waals surface area contributed by atoms with E-state index >= 15 is 0 Å². The lowest BCUT2D eigenvalue weighted by atomic mass is 9.87. The average Bonchev–Trinajstić information content (AvgIpc) is 3.17. The third-order valence-electron chi connectivity index (χ3n) is 11.2. The number of hydrogen-bond donors (Lipinski definition) is 1. The summed E-state index contributed by atoms with van der Waals surface area (Å²) in [6.45, 7) is 1.73. The zero-order chi connectivity index (χ0) is 28.9. The summed E-state index contributed by atoms with van der Waals surface area (Å²) >= 11 is 0. The standard InChI is InChI=1S/C29H39F2N5O5S/c30-29(31)5-3-17(4-6-29)14-32-21-10-24-7-19-12-28(19,13-21)36(24)42(38,39)35-22-1-2-23(35)9-20(8-22)33-27(37)25-11-26(41-34-25)18-15-40-16-18/h11,17-20,22-24H,1-10,12-16H2,(H,33,37)/t19-,20?,22-,23+,24-,28-/m1/s1. The van der Waals surface area contributed by atoms with Crippen LogP contribution in [0, 0.1) is 11.8 Å². The van der Waals surface area contributed by atoms with E-state index in [0.717, 1.165) is 31.4 Å². The van der Waals surface area contributed by atoms with Crippen molar-refractivity contribution in [2.24, 2.45) is 16.8 Å². The summed E-state index contributed by atoms with van der Waals surface area (Å²) in [7, 11) is -3.68. The normalized spacial score (nSPS) is 39.3. The van der Waals surface area contributed by atoms with E-state index in [1.807, 2.05) is 4.31 Å². The van der Waals surface area contributed by atoms with Gasteiger partial charge in [0.2, 0.25) is 5.92 Å². The number of rotatable bonds is 7. The first-order valence-electron chi connectivity index (χ1n) is 15.7. The highest BCUT2D eigenvalue weighted by molar-refractivity contribution is 7.86. The molecule has 1 aromatic heterocycles. The minimum Gasteiger partial charge on any atom is -0.380 e. The van der Waals surface area contributed by atoms with Gasteiger partial charge in [0.15, 0.2) is 5.69 Å². The van der Waals surface area contributed by atoms with Crippen LogP contribution >= 0.6 is 0 Å². The Morgan fingerprint density at radius 1 is 1.10 bits per heavy atom. The number of carbonyl (C=O) groups excluding carboxylic acids is 1. The lowest BCUT2D eigenvalue weighted by Gasteiger charge is -2.45. The average molecular weight is 608 g/mol. The summed E-state index contributed by atoms with van der Waals surface area (Å²) in [6.07, 6.45) is 6.77. The molecule has 4 bridgehead atoms. The molecule has 7 aliphatic rings. The molecule has 0 radical (unpaired) electrons. The number of amides is 1. The molecular formula is C29H39F2N5O5S. The zero-order valence-corrected chi connectivity index (χ0v) is 24.5. The monoisotopic (exact) mass is 607 g/mol. The first kappa shape index (κ1) is 27.6. The van der Waals surface area contributed by atoms with Gasteiger partial charge >= 0.3 is 0 Å². The number of alkyl halides is 2. The fourth-order valence-corrected chi connectivity index (χ4v) is 11.6. The molecule has 2 aliphatic carbocycles. The molecule has 6 atom stereocenters. The smallest absolute Gasteiger partial charge is 0.283 e. The van der Waals surface area contributed by atoms with Crippen LogP contribution in [0.25, 0.3) is 0 Å². The molecule has 7 fully saturated rings. The number of hydrogen-bond acceptors (Lipinski definition) is 7.